The minimum Gasteiger partial charge on any atom is -0.339 e. The number of carbonyl (C=O) groups excluding carboxylic acids is 1. The number of rotatable bonds is 4. The highest BCUT2D eigenvalue weighted by Gasteiger charge is 2.24. The SMILES string of the molecule is CC1CCCCN1C(=O)CSc1nnc2c3c(-c4ccc(F)cc4)csc3ncn12. The summed E-state index contributed by atoms with van der Waals surface area (Å²) in [5.74, 6) is 0.202. The molecule has 9 heteroatoms. The van der Waals surface area contributed by atoms with Gasteiger partial charge in [0.2, 0.25) is 5.91 Å². The van der Waals surface area contributed by atoms with Gasteiger partial charge in [-0.05, 0) is 43.9 Å². The molecule has 4 heterocycles. The third-order valence-corrected chi connectivity index (χ3v) is 7.37. The summed E-state index contributed by atoms with van der Waals surface area (Å²) in [4.78, 5) is 20.1. The first-order valence-corrected chi connectivity index (χ1v) is 11.8. The zero-order valence-electron chi connectivity index (χ0n) is 16.4. The molecule has 0 radical (unpaired) electrons. The maximum Gasteiger partial charge on any atom is 0.233 e. The van der Waals surface area contributed by atoms with Crippen LogP contribution in [0.25, 0.3) is 27.0 Å². The maximum absolute atomic E-state index is 13.3. The quantitative estimate of drug-likeness (QED) is 0.432. The van der Waals surface area contributed by atoms with E-state index in [0.717, 1.165) is 40.7 Å². The van der Waals surface area contributed by atoms with Gasteiger partial charge in [-0.3, -0.25) is 9.20 Å². The van der Waals surface area contributed by atoms with Gasteiger partial charge < -0.3 is 4.90 Å². The number of thiophene rings is 1. The third-order valence-electron chi connectivity index (χ3n) is 5.55. The van der Waals surface area contributed by atoms with Gasteiger partial charge in [0, 0.05) is 23.5 Å². The van der Waals surface area contributed by atoms with E-state index in [9.17, 15) is 9.18 Å². The number of amides is 1. The molecular weight excluding hydrogens is 421 g/mol. The van der Waals surface area contributed by atoms with E-state index < -0.39 is 0 Å². The molecule has 1 unspecified atom stereocenters. The smallest absolute Gasteiger partial charge is 0.233 e. The average Bonchev–Trinajstić information content (AvgIpc) is 3.37. The van der Waals surface area contributed by atoms with Crippen LogP contribution in [0.15, 0.2) is 41.1 Å². The second-order valence-electron chi connectivity index (χ2n) is 7.48. The van der Waals surface area contributed by atoms with Gasteiger partial charge in [0.1, 0.15) is 17.0 Å². The van der Waals surface area contributed by atoms with E-state index in [1.807, 2.05) is 14.7 Å². The lowest BCUT2D eigenvalue weighted by Crippen LogP contribution is -2.42. The number of nitrogens with zero attached hydrogens (tertiary/aromatic N) is 5. The van der Waals surface area contributed by atoms with Gasteiger partial charge in [0.05, 0.1) is 11.1 Å². The van der Waals surface area contributed by atoms with Crippen LogP contribution >= 0.6 is 23.1 Å². The van der Waals surface area contributed by atoms with E-state index in [4.69, 9.17) is 0 Å². The molecule has 1 aromatic carbocycles. The summed E-state index contributed by atoms with van der Waals surface area (Å²) in [6.45, 7) is 2.95. The van der Waals surface area contributed by atoms with Crippen LogP contribution in [0.3, 0.4) is 0 Å². The predicted octanol–water partition coefficient (Wildman–Crippen LogP) is 4.64. The van der Waals surface area contributed by atoms with Crippen molar-refractivity contribution in [3.8, 4) is 11.1 Å². The normalized spacial score (nSPS) is 17.1. The fourth-order valence-corrected chi connectivity index (χ4v) is 5.64. The van der Waals surface area contributed by atoms with Crippen LogP contribution in [0.5, 0.6) is 0 Å². The van der Waals surface area contributed by atoms with Crippen LogP contribution < -0.4 is 0 Å². The second kappa shape index (κ2) is 7.96. The largest absolute Gasteiger partial charge is 0.339 e. The summed E-state index contributed by atoms with van der Waals surface area (Å²) in [6, 6.07) is 6.71. The van der Waals surface area contributed by atoms with Gasteiger partial charge in [0.15, 0.2) is 10.8 Å². The summed E-state index contributed by atoms with van der Waals surface area (Å²) < 4.78 is 15.2. The number of fused-ring (bicyclic) bond motifs is 3. The lowest BCUT2D eigenvalue weighted by molar-refractivity contribution is -0.131. The molecule has 0 bridgehead atoms. The maximum atomic E-state index is 13.3. The Hall–Kier alpha value is -2.52. The van der Waals surface area contributed by atoms with Gasteiger partial charge in [-0.2, -0.15) is 0 Å². The van der Waals surface area contributed by atoms with Crippen LogP contribution in [-0.4, -0.2) is 48.7 Å². The summed E-state index contributed by atoms with van der Waals surface area (Å²) in [5, 5.41) is 12.3. The Kier molecular flexibility index (Phi) is 5.16. The molecule has 5 rings (SSSR count). The summed E-state index contributed by atoms with van der Waals surface area (Å²) in [5.41, 5.74) is 2.56. The molecule has 1 atom stereocenters. The van der Waals surface area contributed by atoms with Crippen molar-refractivity contribution < 1.29 is 9.18 Å². The number of benzene rings is 1. The van der Waals surface area contributed by atoms with E-state index in [0.29, 0.717) is 22.6 Å². The fraction of sp³-hybridized carbons (Fsp3) is 0.333. The van der Waals surface area contributed by atoms with Crippen molar-refractivity contribution in [3.05, 3.63) is 41.8 Å². The van der Waals surface area contributed by atoms with Crippen molar-refractivity contribution >= 4 is 44.9 Å². The summed E-state index contributed by atoms with van der Waals surface area (Å²) in [7, 11) is 0. The van der Waals surface area contributed by atoms with Crippen LogP contribution in [0.4, 0.5) is 4.39 Å². The molecule has 3 aromatic heterocycles. The molecule has 0 N–H and O–H groups in total. The first kappa shape index (κ1) is 19.4. The first-order chi connectivity index (χ1) is 14.6. The van der Waals surface area contributed by atoms with Gasteiger partial charge in [-0.15, -0.1) is 21.5 Å². The first-order valence-electron chi connectivity index (χ1n) is 9.91. The van der Waals surface area contributed by atoms with E-state index in [1.165, 1.54) is 41.7 Å². The Morgan fingerprint density at radius 3 is 2.90 bits per heavy atom. The molecule has 30 heavy (non-hydrogen) atoms. The van der Waals surface area contributed by atoms with Gasteiger partial charge in [-0.1, -0.05) is 23.9 Å². The summed E-state index contributed by atoms with van der Waals surface area (Å²) in [6.07, 6.45) is 5.03. The molecule has 1 fully saturated rings. The molecule has 1 amide bonds. The third kappa shape index (κ3) is 3.45. The lowest BCUT2D eigenvalue weighted by atomic mass is 10.0. The van der Waals surface area contributed by atoms with E-state index in [1.54, 1.807) is 18.5 Å². The Morgan fingerprint density at radius 2 is 2.10 bits per heavy atom. The van der Waals surface area contributed by atoms with Gasteiger partial charge in [0.25, 0.3) is 0 Å². The van der Waals surface area contributed by atoms with Gasteiger partial charge in [-0.25, -0.2) is 9.37 Å². The number of likely N-dealkylation sites (tertiary alicyclic amines) is 1. The van der Waals surface area contributed by atoms with Crippen LogP contribution in [-0.2, 0) is 4.79 Å². The van der Waals surface area contributed by atoms with E-state index in [2.05, 4.69) is 22.1 Å². The Balaban J connectivity index is 1.45. The molecule has 0 saturated carbocycles. The van der Waals surface area contributed by atoms with E-state index >= 15 is 0 Å². The highest BCUT2D eigenvalue weighted by molar-refractivity contribution is 7.99. The topological polar surface area (TPSA) is 63.4 Å². The van der Waals surface area contributed by atoms with Crippen molar-refractivity contribution in [3.63, 3.8) is 0 Å². The number of piperidine rings is 1. The number of hydrogen-bond donors (Lipinski definition) is 0. The standard InChI is InChI=1S/C21H20FN5OS2/c1-13-4-2-3-9-26(13)17(28)11-30-21-25-24-19-18-16(14-5-7-15(22)8-6-14)10-29-20(18)23-12-27(19)21/h5-8,10,12-13H,2-4,9,11H2,1H3. The van der Waals surface area contributed by atoms with Crippen LogP contribution in [0.2, 0.25) is 0 Å². The monoisotopic (exact) mass is 441 g/mol. The molecule has 4 aromatic rings. The van der Waals surface area contributed by atoms with Crippen LogP contribution in [0.1, 0.15) is 26.2 Å². The van der Waals surface area contributed by atoms with Crippen LogP contribution in [0, 0.1) is 5.82 Å². The van der Waals surface area contributed by atoms with Crippen molar-refractivity contribution in [2.24, 2.45) is 0 Å². The Bertz CT molecular complexity index is 1220. The molecule has 0 spiro atoms. The lowest BCUT2D eigenvalue weighted by Gasteiger charge is -2.33. The molecule has 6 nitrogen and oxygen atoms in total. The molecule has 154 valence electrons. The fourth-order valence-electron chi connectivity index (χ4n) is 3.94. The molecule has 1 saturated heterocycles. The molecule has 1 aliphatic heterocycles. The molecular formula is C21H20FN5OS2. The minimum absolute atomic E-state index is 0.139. The van der Waals surface area contributed by atoms with Gasteiger partial charge >= 0.3 is 0 Å². The molecule has 1 aliphatic rings. The van der Waals surface area contributed by atoms with Crippen molar-refractivity contribution in [1.29, 1.82) is 0 Å². The second-order valence-corrected chi connectivity index (χ2v) is 9.28. The summed E-state index contributed by atoms with van der Waals surface area (Å²) >= 11 is 2.91. The number of carbonyl (C=O) groups is 1. The average molecular weight is 442 g/mol. The molecule has 0 aliphatic carbocycles. The van der Waals surface area contributed by atoms with Crippen molar-refractivity contribution in [2.75, 3.05) is 12.3 Å². The minimum atomic E-state index is -0.268. The van der Waals surface area contributed by atoms with E-state index in [-0.39, 0.29) is 11.7 Å². The zero-order chi connectivity index (χ0) is 20.7. The zero-order valence-corrected chi connectivity index (χ0v) is 18.0. The number of halogens is 1. The van der Waals surface area contributed by atoms with Crippen molar-refractivity contribution in [1.82, 2.24) is 24.5 Å². The number of hydrogen-bond acceptors (Lipinski definition) is 6. The number of thioether (sulfide) groups is 1. The predicted molar refractivity (Wildman–Crippen MR) is 117 cm³/mol. The van der Waals surface area contributed by atoms with Crippen molar-refractivity contribution in [2.45, 2.75) is 37.4 Å². The highest BCUT2D eigenvalue weighted by Crippen LogP contribution is 2.36. The highest BCUT2D eigenvalue weighted by atomic mass is 32.2. The number of aromatic nitrogens is 4. The Morgan fingerprint density at radius 1 is 1.27 bits per heavy atom. The Labute approximate surface area is 181 Å².